The van der Waals surface area contributed by atoms with E-state index in [1.807, 2.05) is 35.1 Å². The van der Waals surface area contributed by atoms with E-state index in [4.69, 9.17) is 18.9 Å². The van der Waals surface area contributed by atoms with Gasteiger partial charge in [-0.05, 0) is 91.5 Å². The van der Waals surface area contributed by atoms with Crippen LogP contribution in [0.3, 0.4) is 0 Å². The quantitative estimate of drug-likeness (QED) is 0.189. The number of aromatic nitrogens is 8. The molecular weight excluding hydrogens is 608 g/mol. The molecule has 4 heterocycles. The van der Waals surface area contributed by atoms with Gasteiger partial charge in [-0.2, -0.15) is 35.1 Å². The zero-order valence-corrected chi connectivity index (χ0v) is 31.2. The van der Waals surface area contributed by atoms with E-state index in [9.17, 15) is 0 Å². The summed E-state index contributed by atoms with van der Waals surface area (Å²) in [7, 11) is 3.22. The number of rotatable bonds is 2. The molecule has 6 rings (SSSR count). The van der Waals surface area contributed by atoms with Gasteiger partial charge < -0.3 is 18.9 Å². The summed E-state index contributed by atoms with van der Waals surface area (Å²) in [6.45, 7) is 25.6. The summed E-state index contributed by atoms with van der Waals surface area (Å²) in [4.78, 5) is 3.39. The van der Waals surface area contributed by atoms with E-state index in [0.29, 0.717) is 18.3 Å². The van der Waals surface area contributed by atoms with Gasteiger partial charge in [-0.15, -0.1) is 0 Å². The fourth-order valence-electron chi connectivity index (χ4n) is 4.14. The van der Waals surface area contributed by atoms with Gasteiger partial charge in [0.05, 0.1) is 43.2 Å². The molecule has 0 fully saturated rings. The number of hydrogen-bond acceptors (Lipinski definition) is 9. The summed E-state index contributed by atoms with van der Waals surface area (Å²) in [5.41, 5.74) is 3.06. The van der Waals surface area contributed by atoms with Crippen molar-refractivity contribution in [3.63, 3.8) is 0 Å². The van der Waals surface area contributed by atoms with E-state index in [1.165, 1.54) is 5.56 Å². The number of nitrogens with zero attached hydrogens (tertiary/aromatic N) is 8. The van der Waals surface area contributed by atoms with Crippen LogP contribution in [0.5, 0.6) is 23.0 Å². The molecule has 0 saturated heterocycles. The van der Waals surface area contributed by atoms with Crippen LogP contribution >= 0.6 is 0 Å². The molecular formula is C36H54N8O4. The molecule has 0 N–H and O–H groups in total. The number of methoxy groups -OCH3 is 2. The van der Waals surface area contributed by atoms with E-state index in [-0.39, 0.29) is 22.0 Å². The van der Waals surface area contributed by atoms with Gasteiger partial charge in [0.2, 0.25) is 6.79 Å². The van der Waals surface area contributed by atoms with Crippen LogP contribution in [0.15, 0.2) is 61.2 Å². The summed E-state index contributed by atoms with van der Waals surface area (Å²) < 4.78 is 23.0. The summed E-state index contributed by atoms with van der Waals surface area (Å²) in [5, 5.41) is 21.0. The number of ether oxygens (including phenoxy) is 4. The van der Waals surface area contributed by atoms with Crippen molar-refractivity contribution in [2.45, 2.75) is 105 Å². The first-order valence-electron chi connectivity index (χ1n) is 16.0. The Bertz CT molecular complexity index is 1620. The van der Waals surface area contributed by atoms with Crippen LogP contribution in [-0.2, 0) is 22.0 Å². The van der Waals surface area contributed by atoms with Gasteiger partial charge in [-0.3, -0.25) is 4.68 Å². The van der Waals surface area contributed by atoms with Crippen LogP contribution in [0.25, 0.3) is 11.0 Å². The number of benzene rings is 2. The molecule has 0 amide bonds. The average molecular weight is 663 g/mol. The van der Waals surface area contributed by atoms with Crippen molar-refractivity contribution in [2.24, 2.45) is 0 Å². The zero-order chi connectivity index (χ0) is 35.9. The van der Waals surface area contributed by atoms with Crippen LogP contribution in [0, 0.1) is 0 Å². The third-order valence-corrected chi connectivity index (χ3v) is 6.93. The lowest BCUT2D eigenvalue weighted by Crippen LogP contribution is -2.24. The molecule has 0 saturated carbocycles. The molecule has 12 nitrogen and oxygen atoms in total. The van der Waals surface area contributed by atoms with Crippen LogP contribution in [0.4, 0.5) is 0 Å². The Kier molecular flexibility index (Phi) is 11.9. The van der Waals surface area contributed by atoms with Crippen LogP contribution < -0.4 is 18.9 Å². The minimum absolute atomic E-state index is 0.0174. The van der Waals surface area contributed by atoms with Crippen molar-refractivity contribution in [2.75, 3.05) is 21.0 Å². The van der Waals surface area contributed by atoms with Crippen molar-refractivity contribution in [3.05, 3.63) is 66.7 Å². The van der Waals surface area contributed by atoms with E-state index < -0.39 is 0 Å². The van der Waals surface area contributed by atoms with E-state index >= 15 is 0 Å². The largest absolute Gasteiger partial charge is 0.493 e. The van der Waals surface area contributed by atoms with Gasteiger partial charge in [-0.25, -0.2) is 0 Å². The van der Waals surface area contributed by atoms with Crippen LogP contribution in [0.1, 0.15) is 88.6 Å². The topological polar surface area (TPSA) is 116 Å². The predicted octanol–water partition coefficient (Wildman–Crippen LogP) is 7.59. The first kappa shape index (κ1) is 37.8. The normalized spacial score (nSPS) is 12.6. The maximum absolute atomic E-state index is 5.31. The molecule has 2 aromatic carbocycles. The second kappa shape index (κ2) is 15.1. The average Bonchev–Trinajstić information content (AvgIpc) is 3.81. The molecule has 48 heavy (non-hydrogen) atoms. The third-order valence-electron chi connectivity index (χ3n) is 6.93. The first-order chi connectivity index (χ1) is 22.2. The standard InChI is InChI=1S/C12H17N3O2.C11H14O2.C7H12N2.C6H11N3/c1-12(2,3)15-13-8-6-10(16-4)11(17-5)7-9(8)14-15;1-11(2,3)8-4-5-9-10(6-8)13-7-12-9;1-7(2,3)9-6-4-5-8-9;1-6(2,3)9-7-4-5-8-9/h6-7H,1-5H3;4-6H,7H2,1-3H3;4-6H,1-3H3;4-5H,1-3H3. The Hall–Kier alpha value is -4.61. The molecule has 0 unspecified atom stereocenters. The first-order valence-corrected chi connectivity index (χ1v) is 16.0. The Labute approximate surface area is 285 Å². The Morgan fingerprint density at radius 2 is 1.12 bits per heavy atom. The lowest BCUT2D eigenvalue weighted by atomic mass is 9.87. The fourth-order valence-corrected chi connectivity index (χ4v) is 4.14. The maximum Gasteiger partial charge on any atom is 0.231 e. The minimum atomic E-state index is -0.139. The molecule has 5 aromatic rings. The maximum atomic E-state index is 5.31. The number of hydrogen-bond donors (Lipinski definition) is 0. The second-order valence-corrected chi connectivity index (χ2v) is 15.3. The molecule has 1 aliphatic heterocycles. The Morgan fingerprint density at radius 3 is 1.50 bits per heavy atom. The fraction of sp³-hybridized carbons (Fsp3) is 0.528. The highest BCUT2D eigenvalue weighted by atomic mass is 16.7. The molecule has 0 aliphatic carbocycles. The smallest absolute Gasteiger partial charge is 0.231 e. The lowest BCUT2D eigenvalue weighted by Gasteiger charge is -2.18. The van der Waals surface area contributed by atoms with Crippen LogP contribution in [0.2, 0.25) is 0 Å². The predicted molar refractivity (Wildman–Crippen MR) is 189 cm³/mol. The van der Waals surface area contributed by atoms with Gasteiger partial charge in [0, 0.05) is 24.5 Å². The highest BCUT2D eigenvalue weighted by molar-refractivity contribution is 5.78. The molecule has 0 radical (unpaired) electrons. The molecule has 0 bridgehead atoms. The third kappa shape index (κ3) is 10.4. The monoisotopic (exact) mass is 662 g/mol. The Balaban J connectivity index is 0.000000180. The van der Waals surface area contributed by atoms with Crippen molar-refractivity contribution in [3.8, 4) is 23.0 Å². The lowest BCUT2D eigenvalue weighted by molar-refractivity contribution is 0.174. The summed E-state index contributed by atoms with van der Waals surface area (Å²) in [6, 6.07) is 11.7. The number of fused-ring (bicyclic) bond motifs is 2. The van der Waals surface area contributed by atoms with E-state index in [1.54, 1.807) is 42.4 Å². The highest BCUT2D eigenvalue weighted by Gasteiger charge is 2.20. The van der Waals surface area contributed by atoms with Crippen molar-refractivity contribution in [1.82, 2.24) is 39.8 Å². The summed E-state index contributed by atoms with van der Waals surface area (Å²) >= 11 is 0. The molecule has 1 aliphatic rings. The SMILES string of the molecule is CC(C)(C)c1ccc2c(c1)OCO2.CC(C)(C)n1cccn1.CC(C)(C)n1nccn1.COc1cc2nn(C(C)(C)C)nc2cc1OC. The molecule has 0 atom stereocenters. The van der Waals surface area contributed by atoms with E-state index in [2.05, 4.69) is 121 Å². The van der Waals surface area contributed by atoms with E-state index in [0.717, 1.165) is 22.5 Å². The van der Waals surface area contributed by atoms with Crippen molar-refractivity contribution < 1.29 is 18.9 Å². The minimum Gasteiger partial charge on any atom is -0.493 e. The van der Waals surface area contributed by atoms with Gasteiger partial charge in [0.15, 0.2) is 23.0 Å². The zero-order valence-electron chi connectivity index (χ0n) is 31.2. The van der Waals surface area contributed by atoms with Crippen LogP contribution in [-0.4, -0.2) is 60.8 Å². The molecule has 3 aromatic heterocycles. The van der Waals surface area contributed by atoms with Gasteiger partial charge in [0.25, 0.3) is 0 Å². The second-order valence-electron chi connectivity index (χ2n) is 15.3. The highest BCUT2D eigenvalue weighted by Crippen LogP contribution is 2.36. The Morgan fingerprint density at radius 1 is 0.604 bits per heavy atom. The summed E-state index contributed by atoms with van der Waals surface area (Å²) in [5.74, 6) is 3.06. The van der Waals surface area contributed by atoms with Crippen molar-refractivity contribution in [1.29, 1.82) is 0 Å². The molecule has 0 spiro atoms. The van der Waals surface area contributed by atoms with Gasteiger partial charge in [0.1, 0.15) is 11.0 Å². The summed E-state index contributed by atoms with van der Waals surface area (Å²) in [6.07, 6.45) is 7.14. The van der Waals surface area contributed by atoms with Crippen molar-refractivity contribution >= 4 is 11.0 Å². The van der Waals surface area contributed by atoms with Gasteiger partial charge >= 0.3 is 0 Å². The molecule has 262 valence electrons. The van der Waals surface area contributed by atoms with Gasteiger partial charge in [-0.1, -0.05) is 26.8 Å². The molecule has 12 heteroatoms.